The fraction of sp³-hybridized carbons (Fsp3) is 0.375. The summed E-state index contributed by atoms with van der Waals surface area (Å²) in [6, 6.07) is 2.02. The zero-order valence-corrected chi connectivity index (χ0v) is 8.07. The average molecular weight is 190 g/mol. The van der Waals surface area contributed by atoms with Crippen LogP contribution < -0.4 is 0 Å². The summed E-state index contributed by atoms with van der Waals surface area (Å²) in [6.07, 6.45) is 0.910. The third-order valence-corrected chi connectivity index (χ3v) is 2.26. The maximum absolute atomic E-state index is 10.3. The summed E-state index contributed by atoms with van der Waals surface area (Å²) in [5.74, 6) is 0. The molecule has 0 saturated carbocycles. The molecule has 0 fully saturated rings. The zero-order valence-electron chi connectivity index (χ0n) is 7.26. The highest BCUT2D eigenvalue weighted by molar-refractivity contribution is 7.13. The van der Waals surface area contributed by atoms with Crippen molar-refractivity contribution in [2.75, 3.05) is 7.11 Å². The number of carbonyl (C=O) groups excluding carboxylic acids is 1. The van der Waals surface area contributed by atoms with Crippen LogP contribution in [0, 0.1) is 13.8 Å². The molecule has 0 saturated heterocycles. The average Bonchev–Trinajstić information content (AvgIpc) is 2.31. The molecule has 0 aromatic carbocycles. The standard InChI is InChI=1S/C7H8OS.CH3FO/c1-5-3-6(2)9-7(5)4-8;1-3-2/h3-4H,1-2H3;1H3. The molecule has 68 valence electrons. The molecule has 0 N–H and O–H groups in total. The van der Waals surface area contributed by atoms with Gasteiger partial charge in [0.1, 0.15) is 0 Å². The van der Waals surface area contributed by atoms with E-state index in [9.17, 15) is 9.32 Å². The molecule has 0 spiro atoms. The van der Waals surface area contributed by atoms with Crippen molar-refractivity contribution < 1.29 is 14.3 Å². The third kappa shape index (κ3) is 3.59. The molecule has 0 amide bonds. The minimum atomic E-state index is 0.854. The van der Waals surface area contributed by atoms with Gasteiger partial charge in [0.15, 0.2) is 6.29 Å². The van der Waals surface area contributed by atoms with Crippen molar-refractivity contribution in [1.82, 2.24) is 0 Å². The summed E-state index contributed by atoms with van der Waals surface area (Å²) < 4.78 is 9.79. The highest BCUT2D eigenvalue weighted by Crippen LogP contribution is 2.17. The van der Waals surface area contributed by atoms with E-state index in [0.29, 0.717) is 0 Å². The lowest BCUT2D eigenvalue weighted by atomic mass is 10.3. The van der Waals surface area contributed by atoms with Gasteiger partial charge in [0.2, 0.25) is 0 Å². The van der Waals surface area contributed by atoms with E-state index < -0.39 is 0 Å². The second-order valence-corrected chi connectivity index (χ2v) is 3.46. The Labute approximate surface area is 74.9 Å². The molecule has 0 aliphatic rings. The number of aldehydes is 1. The lowest BCUT2D eigenvalue weighted by Gasteiger charge is -1.79. The van der Waals surface area contributed by atoms with Crippen LogP contribution in [0.2, 0.25) is 0 Å². The van der Waals surface area contributed by atoms with E-state index in [1.807, 2.05) is 19.9 Å². The molecule has 0 radical (unpaired) electrons. The van der Waals surface area contributed by atoms with Crippen LogP contribution >= 0.6 is 11.3 Å². The van der Waals surface area contributed by atoms with Crippen molar-refractivity contribution in [3.8, 4) is 0 Å². The minimum Gasteiger partial charge on any atom is -0.297 e. The van der Waals surface area contributed by atoms with Crippen LogP contribution in [0.5, 0.6) is 0 Å². The van der Waals surface area contributed by atoms with Crippen LogP contribution in [0.25, 0.3) is 0 Å². The number of hydrogen-bond donors (Lipinski definition) is 0. The molecule has 0 unspecified atom stereocenters. The number of carbonyl (C=O) groups is 1. The normalized spacial score (nSPS) is 8.67. The lowest BCUT2D eigenvalue weighted by molar-refractivity contribution is -0.0960. The predicted molar refractivity (Wildman–Crippen MR) is 47.3 cm³/mol. The summed E-state index contributed by atoms with van der Waals surface area (Å²) in [6.45, 7) is 3.96. The van der Waals surface area contributed by atoms with E-state index in [0.717, 1.165) is 23.8 Å². The molecular formula is C8H11FO2S. The van der Waals surface area contributed by atoms with Crippen LogP contribution in [-0.4, -0.2) is 13.4 Å². The second kappa shape index (κ2) is 5.85. The maximum Gasteiger partial charge on any atom is 0.160 e. The topological polar surface area (TPSA) is 26.3 Å². The van der Waals surface area contributed by atoms with Gasteiger partial charge >= 0.3 is 0 Å². The van der Waals surface area contributed by atoms with Crippen molar-refractivity contribution in [2.24, 2.45) is 0 Å². The van der Waals surface area contributed by atoms with Gasteiger partial charge in [0.05, 0.1) is 12.0 Å². The van der Waals surface area contributed by atoms with Gasteiger partial charge in [0.25, 0.3) is 0 Å². The molecule has 0 bridgehead atoms. The number of aryl methyl sites for hydroxylation is 2. The van der Waals surface area contributed by atoms with E-state index in [1.165, 1.54) is 4.88 Å². The zero-order chi connectivity index (χ0) is 9.56. The Kier molecular flexibility index (Phi) is 5.49. The van der Waals surface area contributed by atoms with Gasteiger partial charge in [-0.1, -0.05) is 0 Å². The summed E-state index contributed by atoms with van der Waals surface area (Å²) in [5.41, 5.74) is 1.09. The summed E-state index contributed by atoms with van der Waals surface area (Å²) in [5, 5.41) is 0. The van der Waals surface area contributed by atoms with E-state index in [-0.39, 0.29) is 0 Å². The van der Waals surface area contributed by atoms with Crippen LogP contribution in [0.4, 0.5) is 4.53 Å². The van der Waals surface area contributed by atoms with Crippen LogP contribution in [-0.2, 0) is 4.94 Å². The Morgan fingerprint density at radius 1 is 1.58 bits per heavy atom. The van der Waals surface area contributed by atoms with E-state index in [2.05, 4.69) is 4.94 Å². The molecule has 12 heavy (non-hydrogen) atoms. The van der Waals surface area contributed by atoms with Crippen LogP contribution in [0.15, 0.2) is 6.07 Å². The summed E-state index contributed by atoms with van der Waals surface area (Å²) >= 11 is 1.55. The number of thiophene rings is 1. The molecule has 1 aromatic heterocycles. The highest BCUT2D eigenvalue weighted by Gasteiger charge is 1.98. The number of hydrogen-bond acceptors (Lipinski definition) is 3. The van der Waals surface area contributed by atoms with Crippen molar-refractivity contribution in [2.45, 2.75) is 13.8 Å². The smallest absolute Gasteiger partial charge is 0.160 e. The largest absolute Gasteiger partial charge is 0.297 e. The van der Waals surface area contributed by atoms with E-state index in [1.54, 1.807) is 11.3 Å². The van der Waals surface area contributed by atoms with Gasteiger partial charge in [-0.25, -0.2) is 0 Å². The predicted octanol–water partition coefficient (Wildman–Crippen LogP) is 2.69. The molecule has 0 aliphatic heterocycles. The summed E-state index contributed by atoms with van der Waals surface area (Å²) in [4.78, 5) is 15.1. The van der Waals surface area contributed by atoms with Crippen molar-refractivity contribution in [3.63, 3.8) is 0 Å². The molecule has 1 rings (SSSR count). The first kappa shape index (κ1) is 11.3. The monoisotopic (exact) mass is 190 g/mol. The molecule has 1 aromatic rings. The first-order valence-corrected chi connectivity index (χ1v) is 4.14. The van der Waals surface area contributed by atoms with Crippen molar-refractivity contribution in [1.29, 1.82) is 0 Å². The number of halogens is 1. The van der Waals surface area contributed by atoms with Gasteiger partial charge < -0.3 is 0 Å². The van der Waals surface area contributed by atoms with Crippen LogP contribution in [0.3, 0.4) is 0 Å². The Hall–Kier alpha value is -0.740. The Bertz CT molecular complexity index is 245. The van der Waals surface area contributed by atoms with Gasteiger partial charge in [-0.2, -0.15) is 4.94 Å². The molecule has 0 aliphatic carbocycles. The van der Waals surface area contributed by atoms with Crippen molar-refractivity contribution >= 4 is 17.6 Å². The molecular weight excluding hydrogens is 179 g/mol. The third-order valence-electron chi connectivity index (χ3n) is 1.19. The SMILES string of the molecule is COF.Cc1cc(C)c(C=O)s1. The quantitative estimate of drug-likeness (QED) is 0.636. The minimum absolute atomic E-state index is 0.854. The van der Waals surface area contributed by atoms with Gasteiger partial charge in [-0.15, -0.1) is 11.3 Å². The Morgan fingerprint density at radius 2 is 2.08 bits per heavy atom. The Balaban J connectivity index is 0.000000354. The first-order chi connectivity index (χ1) is 5.65. The van der Waals surface area contributed by atoms with E-state index in [4.69, 9.17) is 0 Å². The highest BCUT2D eigenvalue weighted by atomic mass is 32.1. The number of rotatable bonds is 1. The van der Waals surface area contributed by atoms with Gasteiger partial charge in [-0.05, 0) is 30.0 Å². The first-order valence-electron chi connectivity index (χ1n) is 3.32. The van der Waals surface area contributed by atoms with E-state index >= 15 is 0 Å². The van der Waals surface area contributed by atoms with Gasteiger partial charge in [0, 0.05) is 4.88 Å². The molecule has 0 atom stereocenters. The fourth-order valence-corrected chi connectivity index (χ4v) is 1.63. The maximum atomic E-state index is 10.3. The second-order valence-electron chi connectivity index (χ2n) is 2.18. The lowest BCUT2D eigenvalue weighted by Crippen LogP contribution is -1.72. The molecule has 2 nitrogen and oxygen atoms in total. The fourth-order valence-electron chi connectivity index (χ4n) is 0.776. The molecule has 1 heterocycles. The summed E-state index contributed by atoms with van der Waals surface area (Å²) in [7, 11) is 0.958. The molecule has 4 heteroatoms. The Morgan fingerprint density at radius 3 is 2.25 bits per heavy atom. The van der Waals surface area contributed by atoms with Crippen molar-refractivity contribution in [3.05, 3.63) is 21.4 Å². The van der Waals surface area contributed by atoms with Crippen LogP contribution in [0.1, 0.15) is 20.1 Å². The van der Waals surface area contributed by atoms with Gasteiger partial charge in [-0.3, -0.25) is 4.79 Å².